The highest BCUT2D eigenvalue weighted by Gasteiger charge is 2.12. The van der Waals surface area contributed by atoms with Gasteiger partial charge in [0.25, 0.3) is 0 Å². The van der Waals surface area contributed by atoms with Crippen LogP contribution in [0.2, 0.25) is 5.02 Å². The Bertz CT molecular complexity index is 1040. The van der Waals surface area contributed by atoms with Gasteiger partial charge in [0.1, 0.15) is 17.5 Å². The lowest BCUT2D eigenvalue weighted by Crippen LogP contribution is -1.96. The van der Waals surface area contributed by atoms with E-state index in [2.05, 4.69) is 29.6 Å². The van der Waals surface area contributed by atoms with Crippen LogP contribution in [-0.2, 0) is 0 Å². The van der Waals surface area contributed by atoms with Crippen molar-refractivity contribution in [3.05, 3.63) is 46.5 Å². The molecule has 1 aromatic carbocycles. The highest BCUT2D eigenvalue weighted by molar-refractivity contribution is 6.35. The minimum absolute atomic E-state index is 0.224. The maximum Gasteiger partial charge on any atom is 0.439 e. The summed E-state index contributed by atoms with van der Waals surface area (Å²) in [4.78, 5) is 25.8. The maximum absolute atomic E-state index is 11.0. The number of nitrogens with one attached hydrogen (secondary N) is 1. The van der Waals surface area contributed by atoms with Crippen molar-refractivity contribution < 1.29 is 8.94 Å². The molecule has 0 spiro atoms. The van der Waals surface area contributed by atoms with Crippen LogP contribution >= 0.6 is 11.6 Å². The van der Waals surface area contributed by atoms with E-state index >= 15 is 0 Å². The molecular weight excluding hydrogens is 310 g/mol. The fourth-order valence-corrected chi connectivity index (χ4v) is 2.32. The van der Waals surface area contributed by atoms with Gasteiger partial charge in [-0.25, -0.2) is 19.7 Å². The molecule has 0 unspecified atom stereocenters. The predicted octanol–water partition coefficient (Wildman–Crippen LogP) is 2.28. The quantitative estimate of drug-likeness (QED) is 0.604. The molecule has 0 aliphatic carbocycles. The van der Waals surface area contributed by atoms with Gasteiger partial charge in [0.2, 0.25) is 5.82 Å². The van der Waals surface area contributed by atoms with E-state index < -0.39 is 5.76 Å². The molecule has 0 aliphatic rings. The highest BCUT2D eigenvalue weighted by atomic mass is 35.5. The zero-order valence-electron chi connectivity index (χ0n) is 10.8. The molecule has 1 N–H and O–H groups in total. The van der Waals surface area contributed by atoms with E-state index in [1.165, 1.54) is 12.7 Å². The van der Waals surface area contributed by atoms with Crippen molar-refractivity contribution in [2.24, 2.45) is 0 Å². The van der Waals surface area contributed by atoms with Crippen molar-refractivity contribution in [2.45, 2.75) is 0 Å². The first kappa shape index (κ1) is 12.7. The molecule has 0 bridgehead atoms. The Morgan fingerprint density at radius 1 is 1.09 bits per heavy atom. The summed E-state index contributed by atoms with van der Waals surface area (Å²) in [6.07, 6.45) is 2.68. The van der Waals surface area contributed by atoms with Gasteiger partial charge >= 0.3 is 5.76 Å². The summed E-state index contributed by atoms with van der Waals surface area (Å²) in [5.41, 5.74) is 2.90. The van der Waals surface area contributed by atoms with Gasteiger partial charge in [-0.05, 0) is 18.2 Å². The monoisotopic (exact) mass is 315 g/mol. The topological polar surface area (TPSA) is 111 Å². The number of rotatable bonds is 2. The van der Waals surface area contributed by atoms with Crippen LogP contribution in [0.15, 0.2) is 44.7 Å². The summed E-state index contributed by atoms with van der Waals surface area (Å²) < 4.78 is 9.66. The van der Waals surface area contributed by atoms with Crippen LogP contribution in [0.4, 0.5) is 0 Å². The molecule has 0 fully saturated rings. The van der Waals surface area contributed by atoms with Gasteiger partial charge in [0.15, 0.2) is 12.0 Å². The number of benzene rings is 1. The summed E-state index contributed by atoms with van der Waals surface area (Å²) >= 11 is 6.16. The zero-order chi connectivity index (χ0) is 15.1. The summed E-state index contributed by atoms with van der Waals surface area (Å²) in [6, 6.07) is 5.17. The van der Waals surface area contributed by atoms with Crippen LogP contribution in [0.3, 0.4) is 0 Å². The molecule has 4 rings (SSSR count). The number of nitrogens with zero attached hydrogens (tertiary/aromatic N) is 4. The van der Waals surface area contributed by atoms with Crippen LogP contribution in [0, 0.1) is 0 Å². The molecule has 0 saturated carbocycles. The number of fused-ring (bicyclic) bond motifs is 1. The smallest absolute Gasteiger partial charge is 0.439 e. The maximum atomic E-state index is 11.0. The third kappa shape index (κ3) is 2.06. The number of aromatic nitrogens is 5. The molecule has 3 heterocycles. The zero-order valence-corrected chi connectivity index (χ0v) is 11.5. The van der Waals surface area contributed by atoms with Gasteiger partial charge < -0.3 is 4.42 Å². The molecule has 4 aromatic rings. The fourth-order valence-electron chi connectivity index (χ4n) is 2.06. The number of H-pyrrole nitrogens is 1. The molecule has 0 radical (unpaired) electrons. The average Bonchev–Trinajstić information content (AvgIpc) is 3.16. The van der Waals surface area contributed by atoms with Crippen LogP contribution in [0.5, 0.6) is 0 Å². The van der Waals surface area contributed by atoms with E-state index in [-0.39, 0.29) is 5.82 Å². The molecule has 22 heavy (non-hydrogen) atoms. The van der Waals surface area contributed by atoms with Crippen molar-refractivity contribution >= 4 is 22.7 Å². The Balaban J connectivity index is 1.86. The van der Waals surface area contributed by atoms with Crippen molar-refractivity contribution in [3.63, 3.8) is 0 Å². The van der Waals surface area contributed by atoms with E-state index in [1.807, 2.05) is 0 Å². The first-order valence-electron chi connectivity index (χ1n) is 6.12. The summed E-state index contributed by atoms with van der Waals surface area (Å²) in [7, 11) is 0. The Hall–Kier alpha value is -3.00. The molecule has 8 nitrogen and oxygen atoms in total. The molecule has 0 atom stereocenters. The van der Waals surface area contributed by atoms with E-state index in [1.54, 1.807) is 18.2 Å². The summed E-state index contributed by atoms with van der Waals surface area (Å²) in [6.45, 7) is 0. The van der Waals surface area contributed by atoms with Crippen LogP contribution in [0.1, 0.15) is 0 Å². The molecule has 9 heteroatoms. The standard InChI is InChI=1S/C13H6ClN5O3/c14-7-1-6(2-9-11(7)21-5-17-9)8-3-10(16-4-15-8)12-18-13(20)22-19-12/h1-5H,(H,18,19,20). The number of hydrogen-bond acceptors (Lipinski definition) is 7. The molecule has 0 amide bonds. The lowest BCUT2D eigenvalue weighted by Gasteiger charge is -2.03. The molecular formula is C13H6ClN5O3. The third-order valence-electron chi connectivity index (χ3n) is 3.03. The third-order valence-corrected chi connectivity index (χ3v) is 3.31. The van der Waals surface area contributed by atoms with E-state index in [0.717, 1.165) is 5.56 Å². The first-order valence-corrected chi connectivity index (χ1v) is 6.50. The van der Waals surface area contributed by atoms with Crippen LogP contribution in [0.25, 0.3) is 33.9 Å². The number of oxazole rings is 1. The van der Waals surface area contributed by atoms with Crippen molar-refractivity contribution in [1.82, 2.24) is 25.1 Å². The molecule has 0 saturated heterocycles. The summed E-state index contributed by atoms with van der Waals surface area (Å²) in [5.74, 6) is -0.426. The highest BCUT2D eigenvalue weighted by Crippen LogP contribution is 2.30. The van der Waals surface area contributed by atoms with Crippen molar-refractivity contribution in [3.8, 4) is 22.8 Å². The Morgan fingerprint density at radius 3 is 2.77 bits per heavy atom. The second-order valence-electron chi connectivity index (χ2n) is 4.39. The fraction of sp³-hybridized carbons (Fsp3) is 0. The Morgan fingerprint density at radius 2 is 1.95 bits per heavy atom. The van der Waals surface area contributed by atoms with E-state index in [9.17, 15) is 4.79 Å². The first-order chi connectivity index (χ1) is 10.7. The van der Waals surface area contributed by atoms with Gasteiger partial charge in [-0.1, -0.05) is 16.8 Å². The molecule has 0 aliphatic heterocycles. The minimum atomic E-state index is -0.651. The largest absolute Gasteiger partial charge is 0.442 e. The van der Waals surface area contributed by atoms with Gasteiger partial charge in [0, 0.05) is 5.56 Å². The lowest BCUT2D eigenvalue weighted by atomic mass is 10.1. The second-order valence-corrected chi connectivity index (χ2v) is 4.80. The van der Waals surface area contributed by atoms with Gasteiger partial charge in [-0.15, -0.1) is 0 Å². The van der Waals surface area contributed by atoms with E-state index in [4.69, 9.17) is 16.0 Å². The lowest BCUT2D eigenvalue weighted by molar-refractivity contribution is 0.387. The van der Waals surface area contributed by atoms with Gasteiger partial charge in [0.05, 0.1) is 10.7 Å². The minimum Gasteiger partial charge on any atom is -0.442 e. The number of halogens is 1. The van der Waals surface area contributed by atoms with E-state index in [0.29, 0.717) is 27.5 Å². The SMILES string of the molecule is O=c1[nH]c(-c2cc(-c3cc(Cl)c4ocnc4c3)ncn2)no1. The van der Waals surface area contributed by atoms with Gasteiger partial charge in [-0.3, -0.25) is 9.51 Å². The second kappa shape index (κ2) is 4.78. The molecule has 108 valence electrons. The van der Waals surface area contributed by atoms with Crippen molar-refractivity contribution in [1.29, 1.82) is 0 Å². The average molecular weight is 316 g/mol. The normalized spacial score (nSPS) is 11.1. The number of aromatic amines is 1. The predicted molar refractivity (Wildman–Crippen MR) is 76.2 cm³/mol. The Kier molecular flexibility index (Phi) is 2.76. The van der Waals surface area contributed by atoms with Crippen LogP contribution in [-0.4, -0.2) is 25.1 Å². The summed E-state index contributed by atoms with van der Waals surface area (Å²) in [5, 5.41) is 4.02. The van der Waals surface area contributed by atoms with Gasteiger partial charge in [-0.2, -0.15) is 0 Å². The Labute approximate surface area is 126 Å². The van der Waals surface area contributed by atoms with Crippen molar-refractivity contribution in [2.75, 3.05) is 0 Å². The van der Waals surface area contributed by atoms with Crippen LogP contribution < -0.4 is 5.76 Å². The number of hydrogen-bond donors (Lipinski definition) is 1. The molecule has 3 aromatic heterocycles.